The van der Waals surface area contributed by atoms with E-state index in [0.29, 0.717) is 22.3 Å². The smallest absolute Gasteiger partial charge is 0.288 e. The molecule has 0 saturated carbocycles. The van der Waals surface area contributed by atoms with Crippen LogP contribution < -0.4 is 10.1 Å². The third kappa shape index (κ3) is 4.04. The van der Waals surface area contributed by atoms with Gasteiger partial charge < -0.3 is 14.5 Å². The second-order valence-corrected chi connectivity index (χ2v) is 9.40. The Labute approximate surface area is 164 Å². The number of furan rings is 1. The molecule has 3 aromatic rings. The summed E-state index contributed by atoms with van der Waals surface area (Å²) >= 11 is 0. The average molecular weight is 401 g/mol. The maximum absolute atomic E-state index is 13.1. The molecule has 2 aromatic carbocycles. The second-order valence-electron chi connectivity index (χ2n) is 7.26. The van der Waals surface area contributed by atoms with Crippen LogP contribution in [-0.4, -0.2) is 27.7 Å². The maximum atomic E-state index is 13.1. The van der Waals surface area contributed by atoms with E-state index in [1.807, 2.05) is 38.1 Å². The molecule has 1 aromatic heterocycles. The zero-order chi connectivity index (χ0) is 20.5. The molecule has 28 heavy (non-hydrogen) atoms. The molecule has 0 atom stereocenters. The molecule has 0 saturated heterocycles. The molecule has 3 rings (SSSR count). The van der Waals surface area contributed by atoms with Gasteiger partial charge in [0.2, 0.25) is 0 Å². The molecule has 0 aliphatic rings. The lowest BCUT2D eigenvalue weighted by Gasteiger charge is -2.28. The van der Waals surface area contributed by atoms with Crippen LogP contribution in [0.25, 0.3) is 11.0 Å². The van der Waals surface area contributed by atoms with Crippen molar-refractivity contribution in [2.24, 2.45) is 0 Å². The summed E-state index contributed by atoms with van der Waals surface area (Å²) in [5.74, 6) is -0.101. The Hall–Kier alpha value is -2.80. The van der Waals surface area contributed by atoms with Crippen molar-refractivity contribution < 1.29 is 22.4 Å². The van der Waals surface area contributed by atoms with Crippen LogP contribution in [0.15, 0.2) is 52.9 Å². The highest BCUT2D eigenvalue weighted by Gasteiger charge is 2.30. The van der Waals surface area contributed by atoms with Gasteiger partial charge in [0.05, 0.1) is 18.4 Å². The molecule has 0 radical (unpaired) electrons. The Balaban J connectivity index is 2.03. The fourth-order valence-electron chi connectivity index (χ4n) is 3.26. The Morgan fingerprint density at radius 3 is 2.43 bits per heavy atom. The van der Waals surface area contributed by atoms with E-state index in [-0.39, 0.29) is 11.5 Å². The van der Waals surface area contributed by atoms with Crippen LogP contribution in [0.5, 0.6) is 5.75 Å². The first-order valence-electron chi connectivity index (χ1n) is 8.76. The van der Waals surface area contributed by atoms with Crippen molar-refractivity contribution >= 4 is 26.7 Å². The van der Waals surface area contributed by atoms with Gasteiger partial charge in [-0.1, -0.05) is 36.4 Å². The van der Waals surface area contributed by atoms with E-state index in [9.17, 15) is 13.2 Å². The molecular weight excluding hydrogens is 378 g/mol. The fraction of sp³-hybridized carbons (Fsp3) is 0.286. The molecule has 0 bridgehead atoms. The van der Waals surface area contributed by atoms with Gasteiger partial charge in [-0.05, 0) is 26.0 Å². The number of carbonyl (C=O) groups is 1. The summed E-state index contributed by atoms with van der Waals surface area (Å²) in [6, 6.07) is 14.4. The molecule has 1 N–H and O–H groups in total. The minimum absolute atomic E-state index is 0.00889. The van der Waals surface area contributed by atoms with Crippen molar-refractivity contribution in [3.63, 3.8) is 0 Å². The first-order chi connectivity index (χ1) is 13.1. The van der Waals surface area contributed by atoms with E-state index in [0.717, 1.165) is 11.8 Å². The third-order valence-electron chi connectivity index (χ3n) is 4.52. The molecule has 148 valence electrons. The van der Waals surface area contributed by atoms with E-state index in [4.69, 9.17) is 9.15 Å². The van der Waals surface area contributed by atoms with E-state index in [2.05, 4.69) is 5.32 Å². The lowest BCUT2D eigenvalue weighted by Crippen LogP contribution is -2.41. The molecule has 1 heterocycles. The summed E-state index contributed by atoms with van der Waals surface area (Å²) < 4.78 is 35.0. The first-order valence-corrected chi connectivity index (χ1v) is 10.8. The summed E-state index contributed by atoms with van der Waals surface area (Å²) in [7, 11) is -1.79. The van der Waals surface area contributed by atoms with Gasteiger partial charge in [-0.25, -0.2) is 8.42 Å². The standard InChI is InChI=1S/C21H23NO5S/c1-21(2,16-10-6-8-12-18(16)26-3)22-20(23)19-15(13-28(4,24)25)14-9-5-7-11-17(14)27-19/h5-12H,13H2,1-4H3,(H,22,23). The second kappa shape index (κ2) is 7.31. The number of methoxy groups -OCH3 is 1. The summed E-state index contributed by atoms with van der Waals surface area (Å²) in [5, 5.41) is 3.56. The molecule has 0 spiro atoms. The number of hydrogen-bond acceptors (Lipinski definition) is 5. The summed E-state index contributed by atoms with van der Waals surface area (Å²) in [4.78, 5) is 13.1. The van der Waals surface area contributed by atoms with Crippen molar-refractivity contribution in [3.05, 3.63) is 65.4 Å². The minimum Gasteiger partial charge on any atom is -0.496 e. The summed E-state index contributed by atoms with van der Waals surface area (Å²) in [5.41, 5.74) is 0.866. The number of sulfone groups is 1. The van der Waals surface area contributed by atoms with Crippen LogP contribution in [0.3, 0.4) is 0 Å². The number of amides is 1. The maximum Gasteiger partial charge on any atom is 0.288 e. The summed E-state index contributed by atoms with van der Waals surface area (Å²) in [6.45, 7) is 3.70. The predicted molar refractivity (Wildman–Crippen MR) is 108 cm³/mol. The Bertz CT molecular complexity index is 1130. The number of fused-ring (bicyclic) bond motifs is 1. The number of rotatable bonds is 6. The Morgan fingerprint density at radius 2 is 1.75 bits per heavy atom. The normalized spacial score (nSPS) is 12.1. The van der Waals surface area contributed by atoms with Gasteiger partial charge in [0.1, 0.15) is 11.3 Å². The molecular formula is C21H23NO5S. The molecule has 7 heteroatoms. The summed E-state index contributed by atoms with van der Waals surface area (Å²) in [6.07, 6.45) is 1.13. The largest absolute Gasteiger partial charge is 0.496 e. The van der Waals surface area contributed by atoms with Crippen LogP contribution >= 0.6 is 0 Å². The predicted octanol–water partition coefficient (Wildman–Crippen LogP) is 3.65. The lowest BCUT2D eigenvalue weighted by atomic mass is 9.93. The number of para-hydroxylation sites is 2. The van der Waals surface area contributed by atoms with E-state index in [1.54, 1.807) is 31.4 Å². The monoisotopic (exact) mass is 401 g/mol. The highest BCUT2D eigenvalue weighted by Crippen LogP contribution is 2.32. The fourth-order valence-corrected chi connectivity index (χ4v) is 4.07. The van der Waals surface area contributed by atoms with E-state index < -0.39 is 21.3 Å². The van der Waals surface area contributed by atoms with Gasteiger partial charge in [0.25, 0.3) is 5.91 Å². The van der Waals surface area contributed by atoms with Gasteiger partial charge in [-0.3, -0.25) is 4.79 Å². The van der Waals surface area contributed by atoms with E-state index in [1.165, 1.54) is 0 Å². The molecule has 0 aliphatic heterocycles. The average Bonchev–Trinajstić information content (AvgIpc) is 2.98. The van der Waals surface area contributed by atoms with Crippen molar-refractivity contribution in [1.29, 1.82) is 0 Å². The van der Waals surface area contributed by atoms with E-state index >= 15 is 0 Å². The van der Waals surface area contributed by atoms with Gasteiger partial charge >= 0.3 is 0 Å². The molecule has 0 aliphatic carbocycles. The van der Waals surface area contributed by atoms with Crippen molar-refractivity contribution in [3.8, 4) is 5.75 Å². The Kier molecular flexibility index (Phi) is 5.21. The molecule has 6 nitrogen and oxygen atoms in total. The number of benzene rings is 2. The van der Waals surface area contributed by atoms with Crippen LogP contribution in [0, 0.1) is 0 Å². The highest BCUT2D eigenvalue weighted by atomic mass is 32.2. The van der Waals surface area contributed by atoms with Crippen LogP contribution in [0.1, 0.15) is 35.5 Å². The number of nitrogens with one attached hydrogen (secondary N) is 1. The number of ether oxygens (including phenoxy) is 1. The van der Waals surface area contributed by atoms with Crippen LogP contribution in [0.2, 0.25) is 0 Å². The van der Waals surface area contributed by atoms with Crippen LogP contribution in [0.4, 0.5) is 0 Å². The third-order valence-corrected chi connectivity index (χ3v) is 5.33. The van der Waals surface area contributed by atoms with Crippen LogP contribution in [-0.2, 0) is 21.1 Å². The zero-order valence-corrected chi connectivity index (χ0v) is 17.1. The quantitative estimate of drug-likeness (QED) is 0.681. The van der Waals surface area contributed by atoms with Gasteiger partial charge in [-0.2, -0.15) is 0 Å². The van der Waals surface area contributed by atoms with Gasteiger partial charge in [0.15, 0.2) is 15.6 Å². The molecule has 1 amide bonds. The van der Waals surface area contributed by atoms with Crippen molar-refractivity contribution in [1.82, 2.24) is 5.32 Å². The first kappa shape index (κ1) is 19.9. The Morgan fingerprint density at radius 1 is 1.11 bits per heavy atom. The minimum atomic E-state index is -3.36. The topological polar surface area (TPSA) is 85.6 Å². The van der Waals surface area contributed by atoms with Crippen molar-refractivity contribution in [2.45, 2.75) is 25.1 Å². The number of carbonyl (C=O) groups excluding carboxylic acids is 1. The number of hydrogen-bond donors (Lipinski definition) is 1. The van der Waals surface area contributed by atoms with Gasteiger partial charge in [0, 0.05) is 22.8 Å². The van der Waals surface area contributed by atoms with Crippen molar-refractivity contribution in [2.75, 3.05) is 13.4 Å². The zero-order valence-electron chi connectivity index (χ0n) is 16.3. The lowest BCUT2D eigenvalue weighted by molar-refractivity contribution is 0.0883. The van der Waals surface area contributed by atoms with Gasteiger partial charge in [-0.15, -0.1) is 0 Å². The molecule has 0 fully saturated rings. The highest BCUT2D eigenvalue weighted by molar-refractivity contribution is 7.89. The SMILES string of the molecule is COc1ccccc1C(C)(C)NC(=O)c1oc2ccccc2c1CS(C)(=O)=O. The molecule has 0 unspecified atom stereocenters.